The lowest BCUT2D eigenvalue weighted by Crippen LogP contribution is -2.52. The molecule has 11 heteroatoms. The molecule has 3 aliphatic rings. The van der Waals surface area contributed by atoms with Gasteiger partial charge in [-0.15, -0.1) is 0 Å². The Balaban J connectivity index is 1.20. The first-order valence-electron chi connectivity index (χ1n) is 14.0. The molecule has 2 aromatic heterocycles. The van der Waals surface area contributed by atoms with E-state index in [0.717, 1.165) is 81.3 Å². The van der Waals surface area contributed by atoms with E-state index in [2.05, 4.69) is 38.1 Å². The Morgan fingerprint density at radius 2 is 1.76 bits per heavy atom. The number of cyclic esters (lactones) is 1. The summed E-state index contributed by atoms with van der Waals surface area (Å²) in [6.07, 6.45) is 3.36. The Hall–Kier alpha value is -3.11. The molecule has 3 aromatic rings. The van der Waals surface area contributed by atoms with Crippen molar-refractivity contribution in [2.75, 3.05) is 64.4 Å². The number of aromatic nitrogens is 2. The number of amides is 1. The molecule has 0 saturated carbocycles. The van der Waals surface area contributed by atoms with Crippen molar-refractivity contribution in [3.8, 4) is 22.9 Å². The number of hydrogen-bond acceptors (Lipinski definition) is 8. The summed E-state index contributed by atoms with van der Waals surface area (Å²) in [6, 6.07) is 13.4. The molecule has 6 rings (SSSR count). The number of carbonyl (C=O) groups is 1. The summed E-state index contributed by atoms with van der Waals surface area (Å²) in [6.45, 7) is 7.68. The van der Waals surface area contributed by atoms with Crippen LogP contribution in [0.3, 0.4) is 0 Å². The van der Waals surface area contributed by atoms with Gasteiger partial charge in [0.1, 0.15) is 18.2 Å². The number of hydrogen-bond donors (Lipinski definition) is 1. The average Bonchev–Trinajstić information content (AvgIpc) is 2.96. The minimum atomic E-state index is -0.319. The van der Waals surface area contributed by atoms with E-state index in [9.17, 15) is 4.79 Å². The summed E-state index contributed by atoms with van der Waals surface area (Å²) in [5.41, 5.74) is 2.65. The van der Waals surface area contributed by atoms with Gasteiger partial charge in [0.15, 0.2) is 0 Å². The van der Waals surface area contributed by atoms with Crippen LogP contribution in [0.1, 0.15) is 18.4 Å². The molecular weight excluding hydrogens is 563 g/mol. The molecule has 216 valence electrons. The van der Waals surface area contributed by atoms with Crippen molar-refractivity contribution < 1.29 is 14.3 Å². The third-order valence-electron chi connectivity index (χ3n) is 8.23. The SMILES string of the molecule is CN1CCN(c2ccc(Oc3cc(CN4CCC5(CC4)CNC(=O)OC5)cc(-c4cc(Cl)cc(Cl)c4)n3)cn2)CC1. The van der Waals surface area contributed by atoms with Gasteiger partial charge < -0.3 is 24.6 Å². The van der Waals surface area contributed by atoms with Crippen molar-refractivity contribution in [2.24, 2.45) is 5.41 Å². The zero-order valence-corrected chi connectivity index (χ0v) is 24.6. The summed E-state index contributed by atoms with van der Waals surface area (Å²) in [4.78, 5) is 28.0. The number of nitrogens with one attached hydrogen (secondary N) is 1. The van der Waals surface area contributed by atoms with Crippen molar-refractivity contribution in [1.29, 1.82) is 0 Å². The monoisotopic (exact) mass is 596 g/mol. The molecule has 41 heavy (non-hydrogen) atoms. The summed E-state index contributed by atoms with van der Waals surface area (Å²) >= 11 is 12.7. The highest BCUT2D eigenvalue weighted by molar-refractivity contribution is 6.35. The van der Waals surface area contributed by atoms with E-state index in [1.54, 1.807) is 12.3 Å². The van der Waals surface area contributed by atoms with Gasteiger partial charge in [-0.2, -0.15) is 0 Å². The number of halogens is 2. The second-order valence-corrected chi connectivity index (χ2v) is 12.2. The van der Waals surface area contributed by atoms with Crippen LogP contribution in [-0.4, -0.2) is 85.3 Å². The van der Waals surface area contributed by atoms with Gasteiger partial charge >= 0.3 is 6.09 Å². The van der Waals surface area contributed by atoms with Gasteiger partial charge in [0.25, 0.3) is 0 Å². The number of pyridine rings is 2. The Bertz CT molecular complexity index is 1360. The number of nitrogens with zero attached hydrogens (tertiary/aromatic N) is 5. The highest BCUT2D eigenvalue weighted by Crippen LogP contribution is 2.35. The lowest BCUT2D eigenvalue weighted by molar-refractivity contribution is 0.00483. The quantitative estimate of drug-likeness (QED) is 0.409. The molecule has 3 aliphatic heterocycles. The van der Waals surface area contributed by atoms with Gasteiger partial charge in [-0.3, -0.25) is 4.90 Å². The first-order valence-corrected chi connectivity index (χ1v) is 14.8. The first-order chi connectivity index (χ1) is 19.8. The lowest BCUT2D eigenvalue weighted by Gasteiger charge is -2.43. The minimum absolute atomic E-state index is 0.0168. The molecule has 9 nitrogen and oxygen atoms in total. The molecule has 1 N–H and O–H groups in total. The van der Waals surface area contributed by atoms with Crippen molar-refractivity contribution in [3.63, 3.8) is 0 Å². The van der Waals surface area contributed by atoms with Gasteiger partial charge in [0, 0.05) is 66.4 Å². The third-order valence-corrected chi connectivity index (χ3v) is 8.67. The number of likely N-dealkylation sites (N-methyl/N-ethyl adjacent to an activating group) is 1. The maximum Gasteiger partial charge on any atom is 0.407 e. The zero-order chi connectivity index (χ0) is 28.4. The molecule has 0 aliphatic carbocycles. The Morgan fingerprint density at radius 1 is 1.00 bits per heavy atom. The molecular formula is C30H34Cl2N6O3. The van der Waals surface area contributed by atoms with Crippen LogP contribution in [0.4, 0.5) is 10.6 Å². The van der Waals surface area contributed by atoms with E-state index in [4.69, 9.17) is 37.7 Å². The molecule has 1 amide bonds. The number of piperazine rings is 1. The highest BCUT2D eigenvalue weighted by Gasteiger charge is 2.39. The van der Waals surface area contributed by atoms with Gasteiger partial charge in [0.2, 0.25) is 5.88 Å². The second-order valence-electron chi connectivity index (χ2n) is 11.3. The fraction of sp³-hybridized carbons (Fsp3) is 0.433. The number of carbonyl (C=O) groups excluding carboxylic acids is 1. The van der Waals surface area contributed by atoms with Crippen LogP contribution >= 0.6 is 23.2 Å². The van der Waals surface area contributed by atoms with Gasteiger partial charge in [-0.05, 0) is 74.9 Å². The molecule has 0 atom stereocenters. The highest BCUT2D eigenvalue weighted by atomic mass is 35.5. The largest absolute Gasteiger partial charge is 0.449 e. The minimum Gasteiger partial charge on any atom is -0.449 e. The van der Waals surface area contributed by atoms with E-state index in [1.165, 1.54) is 0 Å². The number of anilines is 1. The molecule has 0 bridgehead atoms. The predicted octanol–water partition coefficient (Wildman–Crippen LogP) is 5.32. The van der Waals surface area contributed by atoms with Crippen molar-refractivity contribution in [1.82, 2.24) is 25.1 Å². The fourth-order valence-electron chi connectivity index (χ4n) is 5.67. The molecule has 1 spiro atoms. The Kier molecular flexibility index (Phi) is 8.21. The number of likely N-dealkylation sites (tertiary alicyclic amines) is 1. The van der Waals surface area contributed by atoms with E-state index < -0.39 is 0 Å². The Labute approximate surface area is 250 Å². The number of alkyl carbamates (subject to hydrolysis) is 1. The Morgan fingerprint density at radius 3 is 2.41 bits per heavy atom. The summed E-state index contributed by atoms with van der Waals surface area (Å²) < 4.78 is 11.6. The molecule has 0 radical (unpaired) electrons. The van der Waals surface area contributed by atoms with E-state index in [1.807, 2.05) is 30.3 Å². The zero-order valence-electron chi connectivity index (χ0n) is 23.1. The summed E-state index contributed by atoms with van der Waals surface area (Å²) in [5.74, 6) is 2.06. The predicted molar refractivity (Wildman–Crippen MR) is 160 cm³/mol. The smallest absolute Gasteiger partial charge is 0.407 e. The lowest BCUT2D eigenvalue weighted by atomic mass is 9.78. The molecule has 5 heterocycles. The van der Waals surface area contributed by atoms with Crippen LogP contribution in [0, 0.1) is 5.41 Å². The van der Waals surface area contributed by atoms with E-state index >= 15 is 0 Å². The summed E-state index contributed by atoms with van der Waals surface area (Å²) in [5, 5.41) is 3.96. The van der Waals surface area contributed by atoms with Gasteiger partial charge in [-0.25, -0.2) is 14.8 Å². The summed E-state index contributed by atoms with van der Waals surface area (Å²) in [7, 11) is 2.14. The first kappa shape index (κ1) is 28.0. The van der Waals surface area contributed by atoms with Crippen LogP contribution in [0.25, 0.3) is 11.3 Å². The molecule has 0 unspecified atom stereocenters. The van der Waals surface area contributed by atoms with Crippen LogP contribution < -0.4 is 15.0 Å². The average molecular weight is 598 g/mol. The standard InChI is InChI=1S/C30H34Cl2N6O3/c1-36-8-10-38(11-9-36)27-3-2-25(17-33-27)41-28-13-21(12-26(35-28)22-14-23(31)16-24(32)15-22)18-37-6-4-30(5-7-37)19-34-29(39)40-20-30/h2-3,12-17H,4-11,18-20H2,1H3,(H,34,39). The molecule has 3 saturated heterocycles. The number of benzene rings is 1. The number of rotatable bonds is 6. The topological polar surface area (TPSA) is 83.1 Å². The van der Waals surface area contributed by atoms with Crippen LogP contribution in [0.15, 0.2) is 48.7 Å². The van der Waals surface area contributed by atoms with Crippen molar-refractivity contribution in [2.45, 2.75) is 19.4 Å². The van der Waals surface area contributed by atoms with E-state index in [-0.39, 0.29) is 11.5 Å². The van der Waals surface area contributed by atoms with Crippen LogP contribution in [-0.2, 0) is 11.3 Å². The number of ether oxygens (including phenoxy) is 2. The van der Waals surface area contributed by atoms with Crippen molar-refractivity contribution >= 4 is 35.1 Å². The third kappa shape index (κ3) is 6.86. The van der Waals surface area contributed by atoms with E-state index in [0.29, 0.717) is 34.8 Å². The van der Waals surface area contributed by atoms with Gasteiger partial charge in [-0.1, -0.05) is 23.2 Å². The van der Waals surface area contributed by atoms with Crippen LogP contribution in [0.5, 0.6) is 11.6 Å². The maximum absolute atomic E-state index is 11.5. The normalized spacial score (nSPS) is 19.6. The fourth-order valence-corrected chi connectivity index (χ4v) is 6.20. The maximum atomic E-state index is 11.5. The molecule has 1 aromatic carbocycles. The van der Waals surface area contributed by atoms with Crippen molar-refractivity contribution in [3.05, 3.63) is 64.3 Å². The number of piperidine rings is 1. The van der Waals surface area contributed by atoms with Crippen LogP contribution in [0.2, 0.25) is 10.0 Å². The van der Waals surface area contributed by atoms with Gasteiger partial charge in [0.05, 0.1) is 11.9 Å². The molecule has 3 fully saturated rings. The second kappa shape index (κ2) is 12.0.